The summed E-state index contributed by atoms with van der Waals surface area (Å²) >= 11 is 1.41. The van der Waals surface area contributed by atoms with Gasteiger partial charge in [0, 0.05) is 25.0 Å². The van der Waals surface area contributed by atoms with Crippen molar-refractivity contribution in [3.05, 3.63) is 65.1 Å². The molecule has 1 aromatic carbocycles. The number of thioether (sulfide) groups is 1. The van der Waals surface area contributed by atoms with Crippen molar-refractivity contribution in [2.45, 2.75) is 37.0 Å². The van der Waals surface area contributed by atoms with Crippen LogP contribution in [-0.2, 0) is 16.7 Å². The van der Waals surface area contributed by atoms with Crippen molar-refractivity contribution < 1.29 is 23.0 Å². The van der Waals surface area contributed by atoms with Gasteiger partial charge in [-0.15, -0.1) is 0 Å². The van der Waals surface area contributed by atoms with E-state index in [2.05, 4.69) is 21.5 Å². The maximum absolute atomic E-state index is 15.0. The molecule has 34 heavy (non-hydrogen) atoms. The van der Waals surface area contributed by atoms with Gasteiger partial charge < -0.3 is 15.2 Å². The van der Waals surface area contributed by atoms with Crippen LogP contribution in [0.1, 0.15) is 41.9 Å². The number of hydrogen-bond donors (Lipinski definition) is 1. The second-order valence-corrected chi connectivity index (χ2v) is 10.4. The number of aliphatic imine (C=N–C) groups is 1. The zero-order valence-electron chi connectivity index (χ0n) is 19.2. The standard InChI is InChI=1S/C24H26F2N4O3S/c1-13(2)11-33-20-10-28-17(9-29-20)18(31)7-14-5-15(21(26)16(25)6-14)23(3)19-8-24(19,12-32-4)34-22(27)30-23/h5-6,9-10,19H,1,7-8,11-12H2,2-4H3,(H2,27,30)/t19-,23+,24+/m0/s1. The number of ether oxygens (including phenoxy) is 2. The Balaban J connectivity index is 1.58. The Bertz CT molecular complexity index is 1170. The molecule has 1 aliphatic heterocycles. The average Bonchev–Trinajstić information content (AvgIpc) is 3.49. The minimum Gasteiger partial charge on any atom is -0.472 e. The van der Waals surface area contributed by atoms with Gasteiger partial charge in [0.25, 0.3) is 0 Å². The van der Waals surface area contributed by atoms with Crippen LogP contribution in [0.3, 0.4) is 0 Å². The highest BCUT2D eigenvalue weighted by atomic mass is 32.2. The number of hydrogen-bond acceptors (Lipinski definition) is 8. The number of benzene rings is 1. The van der Waals surface area contributed by atoms with E-state index in [0.717, 1.165) is 11.6 Å². The second kappa shape index (κ2) is 9.07. The van der Waals surface area contributed by atoms with Crippen LogP contribution in [0, 0.1) is 17.6 Å². The van der Waals surface area contributed by atoms with Crippen LogP contribution in [0.5, 0.6) is 5.88 Å². The Labute approximate surface area is 200 Å². The maximum Gasteiger partial charge on any atom is 0.232 e. The Hall–Kier alpha value is -2.85. The van der Waals surface area contributed by atoms with E-state index in [9.17, 15) is 9.18 Å². The van der Waals surface area contributed by atoms with Crippen molar-refractivity contribution in [3.8, 4) is 5.88 Å². The molecule has 2 aliphatic rings. The zero-order valence-corrected chi connectivity index (χ0v) is 20.0. The van der Waals surface area contributed by atoms with Crippen LogP contribution in [0.15, 0.2) is 41.7 Å². The third kappa shape index (κ3) is 4.56. The SMILES string of the molecule is C=C(C)COc1cnc(C(=O)Cc2cc(F)c(F)c([C@@]3(C)N=C(N)S[C@@]4(COC)C[C@H]43)c2)cn1. The highest BCUT2D eigenvalue weighted by Crippen LogP contribution is 2.66. The third-order valence-electron chi connectivity index (χ3n) is 6.12. The van der Waals surface area contributed by atoms with Crippen molar-refractivity contribution >= 4 is 22.7 Å². The lowest BCUT2D eigenvalue weighted by atomic mass is 9.84. The molecule has 1 fully saturated rings. The molecule has 1 saturated carbocycles. The van der Waals surface area contributed by atoms with Gasteiger partial charge in [-0.05, 0) is 43.5 Å². The molecule has 3 atom stereocenters. The number of methoxy groups -OCH3 is 1. The van der Waals surface area contributed by atoms with E-state index in [4.69, 9.17) is 15.2 Å². The van der Waals surface area contributed by atoms with Gasteiger partial charge in [0.2, 0.25) is 5.88 Å². The number of nitrogens with zero attached hydrogens (tertiary/aromatic N) is 3. The lowest BCUT2D eigenvalue weighted by Gasteiger charge is -2.34. The molecule has 1 aliphatic carbocycles. The monoisotopic (exact) mass is 488 g/mol. The highest BCUT2D eigenvalue weighted by Gasteiger charge is 2.66. The first-order chi connectivity index (χ1) is 16.1. The van der Waals surface area contributed by atoms with Crippen molar-refractivity contribution in [1.82, 2.24) is 9.97 Å². The van der Waals surface area contributed by atoms with Crippen molar-refractivity contribution in [3.63, 3.8) is 0 Å². The van der Waals surface area contributed by atoms with Crippen molar-refractivity contribution in [2.24, 2.45) is 16.6 Å². The molecular weight excluding hydrogens is 462 g/mol. The summed E-state index contributed by atoms with van der Waals surface area (Å²) in [6.07, 6.45) is 3.17. The second-order valence-electron chi connectivity index (χ2n) is 8.98. The van der Waals surface area contributed by atoms with Gasteiger partial charge in [-0.2, -0.15) is 0 Å². The summed E-state index contributed by atoms with van der Waals surface area (Å²) in [5, 5.41) is 0.304. The number of aromatic nitrogens is 2. The van der Waals surface area contributed by atoms with Crippen LogP contribution >= 0.6 is 11.8 Å². The summed E-state index contributed by atoms with van der Waals surface area (Å²) in [6, 6.07) is 2.52. The molecule has 0 unspecified atom stereocenters. The third-order valence-corrected chi connectivity index (χ3v) is 7.40. The quantitative estimate of drug-likeness (QED) is 0.423. The lowest BCUT2D eigenvalue weighted by molar-refractivity contribution is 0.0987. The Morgan fingerprint density at radius 3 is 2.74 bits per heavy atom. The number of Topliss-reactive ketones (excluding diaryl/α,β-unsaturated/α-hetero) is 1. The molecule has 10 heteroatoms. The Morgan fingerprint density at radius 1 is 1.32 bits per heavy atom. The van der Waals surface area contributed by atoms with Crippen LogP contribution < -0.4 is 10.5 Å². The highest BCUT2D eigenvalue weighted by molar-refractivity contribution is 8.15. The van der Waals surface area contributed by atoms with E-state index in [-0.39, 0.29) is 46.6 Å². The molecule has 2 aromatic rings. The number of nitrogens with two attached hydrogens (primary N) is 1. The molecule has 0 spiro atoms. The summed E-state index contributed by atoms with van der Waals surface area (Å²) in [7, 11) is 1.60. The van der Waals surface area contributed by atoms with Crippen molar-refractivity contribution in [1.29, 1.82) is 0 Å². The summed E-state index contributed by atoms with van der Waals surface area (Å²) in [5.41, 5.74) is 6.31. The first-order valence-corrected chi connectivity index (χ1v) is 11.5. The molecular formula is C24H26F2N4O3S. The smallest absolute Gasteiger partial charge is 0.232 e. The molecule has 0 amide bonds. The van der Waals surface area contributed by atoms with E-state index in [0.29, 0.717) is 23.8 Å². The summed E-state index contributed by atoms with van der Waals surface area (Å²) in [5.74, 6) is -2.23. The number of fused-ring (bicyclic) bond motifs is 1. The summed E-state index contributed by atoms with van der Waals surface area (Å²) in [6.45, 7) is 8.02. The molecule has 1 aromatic heterocycles. The fraction of sp³-hybridized carbons (Fsp3) is 0.417. The van der Waals surface area contributed by atoms with E-state index in [1.165, 1.54) is 30.2 Å². The largest absolute Gasteiger partial charge is 0.472 e. The van der Waals surface area contributed by atoms with E-state index >= 15 is 4.39 Å². The lowest BCUT2D eigenvalue weighted by Crippen LogP contribution is -2.38. The maximum atomic E-state index is 15.0. The molecule has 0 radical (unpaired) electrons. The van der Waals surface area contributed by atoms with Crippen LogP contribution in [0.2, 0.25) is 0 Å². The molecule has 7 nitrogen and oxygen atoms in total. The van der Waals surface area contributed by atoms with Crippen LogP contribution in [0.25, 0.3) is 0 Å². The molecule has 0 bridgehead atoms. The molecule has 0 saturated heterocycles. The number of ketones is 1. The zero-order chi connectivity index (χ0) is 24.7. The number of amidine groups is 1. The van der Waals surface area contributed by atoms with Crippen LogP contribution in [0.4, 0.5) is 8.78 Å². The predicted octanol–water partition coefficient (Wildman–Crippen LogP) is 3.82. The van der Waals surface area contributed by atoms with Gasteiger partial charge in [-0.3, -0.25) is 9.79 Å². The number of halogens is 2. The molecule has 4 rings (SSSR count). The Kier molecular flexibility index (Phi) is 6.48. The predicted molar refractivity (Wildman–Crippen MR) is 126 cm³/mol. The number of carbonyl (C=O) groups excluding carboxylic acids is 1. The number of rotatable bonds is 9. The average molecular weight is 489 g/mol. The molecule has 2 N–H and O–H groups in total. The molecule has 2 heterocycles. The summed E-state index contributed by atoms with van der Waals surface area (Å²) in [4.78, 5) is 25.5. The fourth-order valence-corrected chi connectivity index (χ4v) is 5.90. The minimum absolute atomic E-state index is 0.0743. The van der Waals surface area contributed by atoms with Gasteiger partial charge >= 0.3 is 0 Å². The van der Waals surface area contributed by atoms with E-state index in [1.807, 2.05) is 6.92 Å². The van der Waals surface area contributed by atoms with E-state index < -0.39 is 17.2 Å². The van der Waals surface area contributed by atoms with Crippen molar-refractivity contribution in [2.75, 3.05) is 20.3 Å². The van der Waals surface area contributed by atoms with Gasteiger partial charge in [-0.25, -0.2) is 18.7 Å². The first-order valence-electron chi connectivity index (χ1n) is 10.7. The van der Waals surface area contributed by atoms with Gasteiger partial charge in [-0.1, -0.05) is 18.3 Å². The first kappa shape index (κ1) is 24.3. The summed E-state index contributed by atoms with van der Waals surface area (Å²) < 4.78 is 40.1. The number of carbonyl (C=O) groups is 1. The minimum atomic E-state index is -1.07. The van der Waals surface area contributed by atoms with Gasteiger partial charge in [0.1, 0.15) is 12.3 Å². The topological polar surface area (TPSA) is 99.7 Å². The van der Waals surface area contributed by atoms with Gasteiger partial charge in [0.15, 0.2) is 22.6 Å². The fourth-order valence-electron chi connectivity index (χ4n) is 4.45. The Morgan fingerprint density at radius 2 is 2.09 bits per heavy atom. The normalized spacial score (nSPS) is 25.3. The van der Waals surface area contributed by atoms with Crippen LogP contribution in [-0.4, -0.2) is 46.0 Å². The van der Waals surface area contributed by atoms with E-state index in [1.54, 1.807) is 14.0 Å². The molecule has 180 valence electrons. The van der Waals surface area contributed by atoms with Gasteiger partial charge in [0.05, 0.1) is 29.3 Å².